The quantitative estimate of drug-likeness (QED) is 0.555. The molecule has 0 aromatic heterocycles. The number of ketones is 2. The van der Waals surface area contributed by atoms with Crippen molar-refractivity contribution in [1.29, 1.82) is 0 Å². The Morgan fingerprint density at radius 1 is 0.722 bits per heavy atom. The van der Waals surface area contributed by atoms with Crippen LogP contribution in [0.3, 0.4) is 0 Å². The van der Waals surface area contributed by atoms with Gasteiger partial charge >= 0.3 is 0 Å². The Balaban J connectivity index is 3.33. The summed E-state index contributed by atoms with van der Waals surface area (Å²) in [6.45, 7) is 0. The molecule has 0 aliphatic carbocycles. The number of hydrogen-bond donors (Lipinski definition) is 0. The summed E-state index contributed by atoms with van der Waals surface area (Å²) in [6.07, 6.45) is 0. The molecule has 1 aromatic rings. The number of carbonyl (C=O) groups is 2. The third kappa shape index (κ3) is 3.89. The maximum absolute atomic E-state index is 11.8. The summed E-state index contributed by atoms with van der Waals surface area (Å²) < 4.78 is -4.38. The van der Waals surface area contributed by atoms with Crippen molar-refractivity contribution >= 4 is 81.2 Å². The van der Waals surface area contributed by atoms with E-state index in [2.05, 4.69) is 0 Å². The summed E-state index contributed by atoms with van der Waals surface area (Å²) in [5.41, 5.74) is -0.234. The molecule has 0 amide bonds. The molecule has 0 aliphatic rings. The van der Waals surface area contributed by atoms with Crippen molar-refractivity contribution in [2.24, 2.45) is 0 Å². The van der Waals surface area contributed by atoms with E-state index in [1.165, 1.54) is 24.3 Å². The standard InChI is InChI=1S/C10H4Cl6O2/c11-9(12,13)7(17)5-3-1-2-4-6(5)8(18)10(14,15)16/h1-4H. The van der Waals surface area contributed by atoms with E-state index in [1.54, 1.807) is 0 Å². The summed E-state index contributed by atoms with van der Waals surface area (Å²) >= 11 is 32.9. The van der Waals surface area contributed by atoms with Crippen molar-refractivity contribution in [3.8, 4) is 0 Å². The molecule has 0 bridgehead atoms. The molecule has 0 N–H and O–H groups in total. The molecule has 1 rings (SSSR count). The molecule has 8 heteroatoms. The van der Waals surface area contributed by atoms with Crippen LogP contribution in [0.1, 0.15) is 20.7 Å². The number of halogens is 6. The zero-order valence-corrected chi connectivity index (χ0v) is 12.9. The lowest BCUT2D eigenvalue weighted by Crippen LogP contribution is -2.26. The number of Topliss-reactive ketones (excluding diaryl/α,β-unsaturated/α-hetero) is 2. The fourth-order valence-corrected chi connectivity index (χ4v) is 1.80. The second-order valence-electron chi connectivity index (χ2n) is 3.20. The third-order valence-corrected chi connectivity index (χ3v) is 2.96. The minimum absolute atomic E-state index is 0.117. The fraction of sp³-hybridized carbons (Fsp3) is 0.200. The summed E-state index contributed by atoms with van der Waals surface area (Å²) in [7, 11) is 0. The van der Waals surface area contributed by atoms with Gasteiger partial charge in [0.25, 0.3) is 7.59 Å². The van der Waals surface area contributed by atoms with Gasteiger partial charge in [0.1, 0.15) is 0 Å². The average Bonchev–Trinajstić information content (AvgIpc) is 2.24. The van der Waals surface area contributed by atoms with E-state index in [0.717, 1.165) is 0 Å². The molecule has 0 aliphatic heterocycles. The number of alkyl halides is 6. The van der Waals surface area contributed by atoms with Crippen molar-refractivity contribution in [2.45, 2.75) is 7.59 Å². The molecule has 0 radical (unpaired) electrons. The topological polar surface area (TPSA) is 34.1 Å². The van der Waals surface area contributed by atoms with Gasteiger partial charge in [0, 0.05) is 11.1 Å². The Kier molecular flexibility index (Phi) is 5.21. The Morgan fingerprint density at radius 2 is 1.00 bits per heavy atom. The van der Waals surface area contributed by atoms with Crippen molar-refractivity contribution in [1.82, 2.24) is 0 Å². The lowest BCUT2D eigenvalue weighted by molar-refractivity contribution is 0.0964. The van der Waals surface area contributed by atoms with E-state index in [0.29, 0.717) is 0 Å². The molecule has 0 saturated carbocycles. The lowest BCUT2D eigenvalue weighted by atomic mass is 10.0. The zero-order valence-electron chi connectivity index (χ0n) is 8.39. The Labute approximate surface area is 133 Å². The molecule has 0 atom stereocenters. The summed E-state index contributed by atoms with van der Waals surface area (Å²) in [6, 6.07) is 5.62. The van der Waals surface area contributed by atoms with E-state index < -0.39 is 19.2 Å². The van der Waals surface area contributed by atoms with Gasteiger partial charge < -0.3 is 0 Å². The van der Waals surface area contributed by atoms with E-state index in [1.807, 2.05) is 0 Å². The lowest BCUT2D eigenvalue weighted by Gasteiger charge is -2.15. The molecule has 1 aromatic carbocycles. The predicted octanol–water partition coefficient (Wildman–Crippen LogP) is 4.79. The van der Waals surface area contributed by atoms with Gasteiger partial charge in [0.05, 0.1) is 0 Å². The van der Waals surface area contributed by atoms with Gasteiger partial charge in [0.15, 0.2) is 0 Å². The van der Waals surface area contributed by atoms with Gasteiger partial charge in [-0.1, -0.05) is 93.9 Å². The summed E-state index contributed by atoms with van der Waals surface area (Å²) in [5.74, 6) is -1.74. The Hall–Kier alpha value is 0.300. The van der Waals surface area contributed by atoms with Crippen molar-refractivity contribution in [3.63, 3.8) is 0 Å². The first-order chi connectivity index (χ1) is 8.05. The maximum Gasteiger partial charge on any atom is 0.253 e. The van der Waals surface area contributed by atoms with Crippen LogP contribution in [0.25, 0.3) is 0 Å². The molecule has 98 valence electrons. The number of carbonyl (C=O) groups excluding carboxylic acids is 2. The number of rotatable bonds is 2. The van der Waals surface area contributed by atoms with Crippen molar-refractivity contribution in [2.75, 3.05) is 0 Å². The SMILES string of the molecule is O=C(c1ccccc1C(=O)C(Cl)(Cl)Cl)C(Cl)(Cl)Cl. The van der Waals surface area contributed by atoms with Crippen LogP contribution < -0.4 is 0 Å². The Morgan fingerprint density at radius 3 is 1.22 bits per heavy atom. The highest BCUT2D eigenvalue weighted by molar-refractivity contribution is 6.79. The van der Waals surface area contributed by atoms with Gasteiger partial charge in [-0.2, -0.15) is 0 Å². The van der Waals surface area contributed by atoms with Crippen LogP contribution >= 0.6 is 69.6 Å². The van der Waals surface area contributed by atoms with E-state index in [9.17, 15) is 9.59 Å². The highest BCUT2D eigenvalue weighted by atomic mass is 35.6. The van der Waals surface area contributed by atoms with Crippen LogP contribution in [-0.2, 0) is 0 Å². The first-order valence-corrected chi connectivity index (χ1v) is 6.64. The molecule has 0 fully saturated rings. The Bertz CT molecular complexity index is 441. The highest BCUT2D eigenvalue weighted by Gasteiger charge is 2.38. The van der Waals surface area contributed by atoms with Crippen molar-refractivity contribution < 1.29 is 9.59 Å². The van der Waals surface area contributed by atoms with E-state index in [-0.39, 0.29) is 11.1 Å². The van der Waals surface area contributed by atoms with Crippen LogP contribution in [0.15, 0.2) is 24.3 Å². The first-order valence-electron chi connectivity index (χ1n) is 4.37. The molecule has 0 spiro atoms. The monoisotopic (exact) mass is 366 g/mol. The van der Waals surface area contributed by atoms with Crippen LogP contribution in [0.2, 0.25) is 0 Å². The first kappa shape index (κ1) is 16.4. The second-order valence-corrected chi connectivity index (χ2v) is 7.76. The predicted molar refractivity (Wildman–Crippen MR) is 75.7 cm³/mol. The van der Waals surface area contributed by atoms with Gasteiger partial charge in [-0.25, -0.2) is 0 Å². The molecular formula is C10H4Cl6O2. The minimum atomic E-state index is -2.19. The largest absolute Gasteiger partial charge is 0.289 e. The molecular weight excluding hydrogens is 365 g/mol. The van der Waals surface area contributed by atoms with E-state index >= 15 is 0 Å². The number of hydrogen-bond acceptors (Lipinski definition) is 2. The van der Waals surface area contributed by atoms with Crippen LogP contribution in [-0.4, -0.2) is 19.2 Å². The third-order valence-electron chi connectivity index (χ3n) is 1.93. The summed E-state index contributed by atoms with van der Waals surface area (Å²) in [4.78, 5) is 23.7. The maximum atomic E-state index is 11.8. The van der Waals surface area contributed by atoms with Crippen molar-refractivity contribution in [3.05, 3.63) is 35.4 Å². The van der Waals surface area contributed by atoms with Gasteiger partial charge in [-0.3, -0.25) is 9.59 Å². The minimum Gasteiger partial charge on any atom is -0.289 e. The molecule has 0 unspecified atom stereocenters. The molecule has 2 nitrogen and oxygen atoms in total. The smallest absolute Gasteiger partial charge is 0.253 e. The van der Waals surface area contributed by atoms with Gasteiger partial charge in [-0.15, -0.1) is 0 Å². The molecule has 0 heterocycles. The summed E-state index contributed by atoms with van der Waals surface area (Å²) in [5, 5.41) is 0. The average molecular weight is 369 g/mol. The molecule has 0 saturated heterocycles. The zero-order chi connectivity index (χ0) is 14.1. The molecule has 18 heavy (non-hydrogen) atoms. The fourth-order valence-electron chi connectivity index (χ4n) is 1.18. The van der Waals surface area contributed by atoms with Crippen LogP contribution in [0, 0.1) is 0 Å². The van der Waals surface area contributed by atoms with E-state index in [4.69, 9.17) is 69.6 Å². The number of benzene rings is 1. The van der Waals surface area contributed by atoms with Gasteiger partial charge in [0.2, 0.25) is 11.6 Å². The highest BCUT2D eigenvalue weighted by Crippen LogP contribution is 2.35. The normalized spacial score (nSPS) is 12.3. The second kappa shape index (κ2) is 5.74. The van der Waals surface area contributed by atoms with Gasteiger partial charge in [-0.05, 0) is 0 Å². The van der Waals surface area contributed by atoms with Crippen LogP contribution in [0.4, 0.5) is 0 Å². The van der Waals surface area contributed by atoms with Crippen LogP contribution in [0.5, 0.6) is 0 Å².